The summed E-state index contributed by atoms with van der Waals surface area (Å²) in [4.78, 5) is 13.0. The molecule has 4 nitrogen and oxygen atoms in total. The Morgan fingerprint density at radius 3 is 2.31 bits per heavy atom. The van der Waals surface area contributed by atoms with Crippen LogP contribution in [0.15, 0.2) is 35.5 Å². The quantitative estimate of drug-likeness (QED) is 0.102. The van der Waals surface area contributed by atoms with E-state index in [2.05, 4.69) is 65.6 Å². The number of ether oxygens (including phenoxy) is 1. The predicted molar refractivity (Wildman–Crippen MR) is 201 cm³/mol. The molecule has 52 heavy (non-hydrogen) atoms. The topological polar surface area (TPSA) is 64.3 Å². The van der Waals surface area contributed by atoms with Crippen LogP contribution in [0, 0.1) is 56.7 Å². The number of alkyl halides is 4. The van der Waals surface area contributed by atoms with E-state index in [-0.39, 0.29) is 39.5 Å². The van der Waals surface area contributed by atoms with Crippen molar-refractivity contribution in [3.05, 3.63) is 35.5 Å². The van der Waals surface area contributed by atoms with Crippen molar-refractivity contribution >= 4 is 5.97 Å². The summed E-state index contributed by atoms with van der Waals surface area (Å²) >= 11 is 0. The van der Waals surface area contributed by atoms with E-state index in [1.54, 1.807) is 0 Å². The molecule has 8 heteroatoms. The summed E-state index contributed by atoms with van der Waals surface area (Å²) in [7, 11) is 0. The summed E-state index contributed by atoms with van der Waals surface area (Å²) in [5.41, 5.74) is 8.00. The van der Waals surface area contributed by atoms with Crippen LogP contribution in [0.5, 0.6) is 0 Å². The van der Waals surface area contributed by atoms with Gasteiger partial charge in [0.1, 0.15) is 12.7 Å². The molecule has 1 unspecified atom stereocenters. The highest BCUT2D eigenvalue weighted by molar-refractivity contribution is 5.77. The second-order valence-electron chi connectivity index (χ2n) is 19.7. The minimum absolute atomic E-state index is 0.00962. The van der Waals surface area contributed by atoms with Crippen LogP contribution in [0.3, 0.4) is 0 Å². The Morgan fingerprint density at radius 1 is 0.981 bits per heavy atom. The average Bonchev–Trinajstić information content (AvgIpc) is 3.47. The first kappa shape index (κ1) is 40.0. The van der Waals surface area contributed by atoms with Gasteiger partial charge in [0.05, 0.1) is 12.0 Å². The molecule has 0 aromatic heterocycles. The molecular formula is C44H68F4N2O2. The fraction of sp³-hybridized carbons (Fsp3) is 0.841. The van der Waals surface area contributed by atoms with Crippen molar-refractivity contribution < 1.29 is 27.1 Å². The summed E-state index contributed by atoms with van der Waals surface area (Å²) in [5, 5.41) is 3.22. The number of nitrogens with two attached hydrogens (primary N) is 1. The number of nitrogens with one attached hydrogen (secondary N) is 1. The number of carbonyl (C=O) groups is 1. The van der Waals surface area contributed by atoms with Crippen molar-refractivity contribution in [3.8, 4) is 0 Å². The largest absolute Gasteiger partial charge is 0.465 e. The molecule has 4 saturated carbocycles. The van der Waals surface area contributed by atoms with Gasteiger partial charge in [-0.05, 0) is 153 Å². The van der Waals surface area contributed by atoms with E-state index >= 15 is 0 Å². The van der Waals surface area contributed by atoms with Crippen LogP contribution < -0.4 is 11.1 Å². The van der Waals surface area contributed by atoms with Gasteiger partial charge in [0.15, 0.2) is 0 Å². The van der Waals surface area contributed by atoms with Gasteiger partial charge in [-0.3, -0.25) is 10.1 Å². The summed E-state index contributed by atoms with van der Waals surface area (Å²) in [6.07, 6.45) is 12.2. The van der Waals surface area contributed by atoms with Crippen LogP contribution in [0.25, 0.3) is 0 Å². The number of hydrogen-bond donors (Lipinski definition) is 2. The van der Waals surface area contributed by atoms with E-state index in [1.807, 2.05) is 6.92 Å². The van der Waals surface area contributed by atoms with Gasteiger partial charge in [0.25, 0.3) is 0 Å². The van der Waals surface area contributed by atoms with E-state index in [9.17, 15) is 22.4 Å². The molecule has 294 valence electrons. The predicted octanol–water partition coefficient (Wildman–Crippen LogP) is 10.8. The van der Waals surface area contributed by atoms with E-state index < -0.39 is 36.4 Å². The standard InChI is InChI=1S/C44H68F4N2O2/c1-9-10-25-52-37(51)42(27-45)20-13-29(14-21-42)31-16-18-39(6)33(38(31,4)5)17-19-41(8)34(39)12-11-32-36-30(28(2)3)15-22-43(36,24-23-40(32,41)7)50-35(26-49)44(46,47)48/h13,16,30,32-36,50H,2,9-12,14-15,17-27,49H2,1,3-8H3/t30-,32+,33-,34+,35?,36+,39-,40+,41+,42-,43-/m0/s1. The number of halogens is 4. The highest BCUT2D eigenvalue weighted by Gasteiger charge is 2.71. The number of allylic oxidation sites excluding steroid dienone is 5. The second kappa shape index (κ2) is 13.8. The minimum Gasteiger partial charge on any atom is -0.465 e. The highest BCUT2D eigenvalue weighted by atomic mass is 19.4. The molecule has 3 N–H and O–H groups in total. The van der Waals surface area contributed by atoms with Gasteiger partial charge in [0.2, 0.25) is 0 Å². The van der Waals surface area contributed by atoms with Crippen LogP contribution in [-0.4, -0.2) is 43.6 Å². The molecule has 0 aromatic rings. The van der Waals surface area contributed by atoms with Crippen LogP contribution in [0.1, 0.15) is 138 Å². The van der Waals surface area contributed by atoms with E-state index in [4.69, 9.17) is 10.5 Å². The monoisotopic (exact) mass is 733 g/mol. The lowest BCUT2D eigenvalue weighted by molar-refractivity contribution is -0.225. The molecule has 0 saturated heterocycles. The third kappa shape index (κ3) is 6.00. The van der Waals surface area contributed by atoms with Crippen molar-refractivity contribution in [2.45, 2.75) is 156 Å². The Kier molecular flexibility index (Phi) is 10.6. The van der Waals surface area contributed by atoms with Crippen LogP contribution in [0.2, 0.25) is 0 Å². The third-order valence-corrected chi connectivity index (χ3v) is 17.1. The van der Waals surface area contributed by atoms with Gasteiger partial charge in [0, 0.05) is 12.1 Å². The first-order chi connectivity index (χ1) is 24.3. The lowest BCUT2D eigenvalue weighted by atomic mass is 9.33. The zero-order chi connectivity index (χ0) is 38.1. The Bertz CT molecular complexity index is 1450. The zero-order valence-electron chi connectivity index (χ0n) is 33.3. The number of esters is 1. The summed E-state index contributed by atoms with van der Waals surface area (Å²) < 4.78 is 62.7. The third-order valence-electron chi connectivity index (χ3n) is 17.1. The maximum atomic E-state index is 14.5. The Labute approximate surface area is 311 Å². The zero-order valence-corrected chi connectivity index (χ0v) is 33.3. The fourth-order valence-electron chi connectivity index (χ4n) is 14.1. The van der Waals surface area contributed by atoms with Crippen molar-refractivity contribution in [1.82, 2.24) is 5.32 Å². The maximum Gasteiger partial charge on any atom is 0.405 e. The molecule has 0 bridgehead atoms. The molecule has 6 aliphatic carbocycles. The minimum atomic E-state index is -4.38. The molecule has 11 atom stereocenters. The highest BCUT2D eigenvalue weighted by Crippen LogP contribution is 2.76. The van der Waals surface area contributed by atoms with Crippen LogP contribution in [0.4, 0.5) is 17.6 Å². The van der Waals surface area contributed by atoms with Crippen molar-refractivity contribution in [1.29, 1.82) is 0 Å². The van der Waals surface area contributed by atoms with Gasteiger partial charge in [-0.2, -0.15) is 13.2 Å². The molecule has 0 heterocycles. The second-order valence-corrected chi connectivity index (χ2v) is 19.7. The number of carbonyl (C=O) groups excluding carboxylic acids is 1. The first-order valence-corrected chi connectivity index (χ1v) is 20.6. The Hall–Kier alpha value is -1.67. The molecular weight excluding hydrogens is 664 g/mol. The molecule has 0 aliphatic heterocycles. The lowest BCUT2D eigenvalue weighted by Crippen LogP contribution is -2.69. The van der Waals surface area contributed by atoms with E-state index in [1.165, 1.54) is 11.1 Å². The maximum absolute atomic E-state index is 14.5. The normalized spacial score (nSPS) is 43.2. The summed E-state index contributed by atoms with van der Waals surface area (Å²) in [6, 6.07) is -1.69. The Balaban J connectivity index is 1.28. The van der Waals surface area contributed by atoms with Gasteiger partial charge >= 0.3 is 12.1 Å². The number of fused-ring (bicyclic) bond motifs is 7. The van der Waals surface area contributed by atoms with E-state index in [0.29, 0.717) is 43.6 Å². The molecule has 0 spiro atoms. The smallest absolute Gasteiger partial charge is 0.405 e. The molecule has 0 amide bonds. The summed E-state index contributed by atoms with van der Waals surface area (Å²) in [6.45, 7) is 20.2. The SMILES string of the molecule is C=C(C)[C@@H]1CC[C@]2(NC(CN)C(F)(F)F)CC[C@]3(C)[C@H](CC[C@@H]4[C@@]5(C)CC=C(C6=CC[C@](CF)(C(=O)OCCCC)CC6)C(C)(C)[C@@H]5CC[C@]43C)[C@@H]12. The van der Waals surface area contributed by atoms with Gasteiger partial charge < -0.3 is 10.5 Å². The van der Waals surface area contributed by atoms with Crippen molar-refractivity contribution in [2.24, 2.45) is 62.4 Å². The number of hydrogen-bond acceptors (Lipinski definition) is 4. The van der Waals surface area contributed by atoms with Gasteiger partial charge in [-0.15, -0.1) is 0 Å². The summed E-state index contributed by atoms with van der Waals surface area (Å²) in [5.74, 6) is 1.25. The molecule has 0 radical (unpaired) electrons. The molecule has 4 fully saturated rings. The van der Waals surface area contributed by atoms with Gasteiger partial charge in [-0.25, -0.2) is 4.39 Å². The van der Waals surface area contributed by atoms with Gasteiger partial charge in [-0.1, -0.05) is 72.3 Å². The Morgan fingerprint density at radius 2 is 1.71 bits per heavy atom. The average molecular weight is 733 g/mol. The molecule has 6 aliphatic rings. The number of rotatable bonds is 10. The van der Waals surface area contributed by atoms with Crippen molar-refractivity contribution in [3.63, 3.8) is 0 Å². The first-order valence-electron chi connectivity index (χ1n) is 20.6. The van der Waals surface area contributed by atoms with Crippen molar-refractivity contribution in [2.75, 3.05) is 19.8 Å². The molecule has 0 aromatic carbocycles. The van der Waals surface area contributed by atoms with Crippen LogP contribution in [-0.2, 0) is 9.53 Å². The molecule has 6 rings (SSSR count). The number of unbranched alkanes of at least 4 members (excludes halogenated alkanes) is 1. The van der Waals surface area contributed by atoms with E-state index in [0.717, 1.165) is 76.2 Å². The lowest BCUT2D eigenvalue weighted by Gasteiger charge is -2.72. The fourth-order valence-corrected chi connectivity index (χ4v) is 14.1. The van der Waals surface area contributed by atoms with Crippen LogP contribution >= 0.6 is 0 Å².